The van der Waals surface area contributed by atoms with Crippen LogP contribution in [0.4, 0.5) is 4.79 Å². The number of hydrogen-bond acceptors (Lipinski definition) is 5. The largest absolute Gasteiger partial charge is 0.467 e. The van der Waals surface area contributed by atoms with E-state index in [1.165, 1.54) is 18.9 Å². The number of ether oxygens (including phenoxy) is 2. The van der Waals surface area contributed by atoms with Crippen molar-refractivity contribution in [1.82, 2.24) is 10.2 Å². The van der Waals surface area contributed by atoms with Crippen LogP contribution in [-0.4, -0.2) is 53.7 Å². The standard InChI is InChI=1S/C15H24N2O5/c1-8(18)16-10-6-9-7-11(10)17(12(9)13(19)21-5)14(20)22-15(2,3)4/h9-12H,6-7H2,1-5H3,(H,16,18)/t9-,10-,11-,12+/m1/s1. The van der Waals surface area contributed by atoms with Gasteiger partial charge < -0.3 is 14.8 Å². The van der Waals surface area contributed by atoms with Crippen molar-refractivity contribution < 1.29 is 23.9 Å². The summed E-state index contributed by atoms with van der Waals surface area (Å²) >= 11 is 0. The van der Waals surface area contributed by atoms with E-state index < -0.39 is 23.7 Å². The van der Waals surface area contributed by atoms with E-state index in [1.54, 1.807) is 20.8 Å². The van der Waals surface area contributed by atoms with Crippen LogP contribution in [-0.2, 0) is 19.1 Å². The van der Waals surface area contributed by atoms with Gasteiger partial charge in [0, 0.05) is 13.0 Å². The molecule has 0 aromatic carbocycles. The summed E-state index contributed by atoms with van der Waals surface area (Å²) in [7, 11) is 1.31. The average molecular weight is 312 g/mol. The molecule has 0 spiro atoms. The Bertz CT molecular complexity index is 485. The van der Waals surface area contributed by atoms with Gasteiger partial charge in [0.15, 0.2) is 0 Å². The summed E-state index contributed by atoms with van der Waals surface area (Å²) in [6, 6.07) is -1.00. The zero-order valence-electron chi connectivity index (χ0n) is 13.7. The number of fused-ring (bicyclic) bond motifs is 2. The van der Waals surface area contributed by atoms with Crippen LogP contribution in [0, 0.1) is 5.92 Å². The van der Waals surface area contributed by atoms with Crippen LogP contribution in [0.2, 0.25) is 0 Å². The monoisotopic (exact) mass is 312 g/mol. The van der Waals surface area contributed by atoms with E-state index in [1.807, 2.05) is 0 Å². The molecule has 1 saturated heterocycles. The van der Waals surface area contributed by atoms with Crippen LogP contribution in [0.1, 0.15) is 40.5 Å². The zero-order chi connectivity index (χ0) is 16.7. The van der Waals surface area contributed by atoms with Crippen LogP contribution in [0.5, 0.6) is 0 Å². The molecule has 0 aromatic heterocycles. The summed E-state index contributed by atoms with van der Waals surface area (Å²) in [6.45, 7) is 6.77. The Labute approximate surface area is 130 Å². The molecule has 2 amide bonds. The number of piperidine rings is 1. The van der Waals surface area contributed by atoms with Crippen LogP contribution in [0.3, 0.4) is 0 Å². The van der Waals surface area contributed by atoms with Crippen molar-refractivity contribution in [3.8, 4) is 0 Å². The van der Waals surface area contributed by atoms with Crippen molar-refractivity contribution in [3.05, 3.63) is 0 Å². The van der Waals surface area contributed by atoms with Gasteiger partial charge in [0.05, 0.1) is 13.2 Å². The maximum atomic E-state index is 12.5. The summed E-state index contributed by atoms with van der Waals surface area (Å²) < 4.78 is 10.3. The third-order valence-corrected chi connectivity index (χ3v) is 4.10. The normalized spacial score (nSPS) is 30.1. The van der Waals surface area contributed by atoms with Gasteiger partial charge in [0.2, 0.25) is 5.91 Å². The first-order valence-corrected chi connectivity index (χ1v) is 7.50. The van der Waals surface area contributed by atoms with Gasteiger partial charge in [-0.25, -0.2) is 9.59 Å². The molecule has 2 fully saturated rings. The number of likely N-dealkylation sites (tertiary alicyclic amines) is 1. The summed E-state index contributed by atoms with van der Waals surface area (Å²) in [5.74, 6) is -0.585. The van der Waals surface area contributed by atoms with Crippen molar-refractivity contribution in [2.45, 2.75) is 64.3 Å². The predicted molar refractivity (Wildman–Crippen MR) is 78.0 cm³/mol. The van der Waals surface area contributed by atoms with Gasteiger partial charge in [-0.15, -0.1) is 0 Å². The predicted octanol–water partition coefficient (Wildman–Crippen LogP) is 1.06. The highest BCUT2D eigenvalue weighted by atomic mass is 16.6. The molecular formula is C15H24N2O5. The van der Waals surface area contributed by atoms with E-state index in [0.717, 1.165) is 0 Å². The molecule has 1 heterocycles. The minimum Gasteiger partial charge on any atom is -0.467 e. The van der Waals surface area contributed by atoms with E-state index in [4.69, 9.17) is 9.47 Å². The van der Waals surface area contributed by atoms with Gasteiger partial charge in [0.1, 0.15) is 11.6 Å². The minimum absolute atomic E-state index is 0.0122. The molecule has 124 valence electrons. The number of nitrogens with one attached hydrogen (secondary N) is 1. The molecule has 2 aliphatic rings. The Morgan fingerprint density at radius 3 is 2.32 bits per heavy atom. The number of carbonyl (C=O) groups excluding carboxylic acids is 3. The average Bonchev–Trinajstić information content (AvgIpc) is 2.91. The Kier molecular flexibility index (Phi) is 4.35. The smallest absolute Gasteiger partial charge is 0.411 e. The molecule has 1 aliphatic heterocycles. The summed E-state index contributed by atoms with van der Waals surface area (Å²) in [4.78, 5) is 37.3. The van der Waals surface area contributed by atoms with Gasteiger partial charge in [-0.05, 0) is 39.5 Å². The lowest BCUT2D eigenvalue weighted by atomic mass is 9.96. The first-order valence-electron chi connectivity index (χ1n) is 7.50. The number of carbonyl (C=O) groups is 3. The molecule has 0 radical (unpaired) electrons. The Hall–Kier alpha value is -1.79. The second kappa shape index (κ2) is 5.78. The number of amides is 2. The molecule has 2 bridgehead atoms. The number of rotatable bonds is 2. The van der Waals surface area contributed by atoms with Crippen molar-refractivity contribution >= 4 is 18.0 Å². The first-order chi connectivity index (χ1) is 10.1. The van der Waals surface area contributed by atoms with E-state index in [9.17, 15) is 14.4 Å². The molecule has 0 unspecified atom stereocenters. The van der Waals surface area contributed by atoms with E-state index in [-0.39, 0.29) is 23.9 Å². The van der Waals surface area contributed by atoms with E-state index >= 15 is 0 Å². The first kappa shape index (κ1) is 16.6. The Balaban J connectivity index is 2.22. The highest BCUT2D eigenvalue weighted by Crippen LogP contribution is 2.43. The fourth-order valence-electron chi connectivity index (χ4n) is 3.46. The molecule has 0 aromatic rings. The van der Waals surface area contributed by atoms with E-state index in [2.05, 4.69) is 5.32 Å². The molecule has 1 aliphatic carbocycles. The van der Waals surface area contributed by atoms with Crippen molar-refractivity contribution in [2.75, 3.05) is 7.11 Å². The lowest BCUT2D eigenvalue weighted by Gasteiger charge is -2.38. The second-order valence-corrected chi connectivity index (χ2v) is 6.96. The van der Waals surface area contributed by atoms with E-state index in [0.29, 0.717) is 12.8 Å². The highest BCUT2D eigenvalue weighted by molar-refractivity contribution is 5.83. The lowest BCUT2D eigenvalue weighted by molar-refractivity contribution is -0.148. The summed E-state index contributed by atoms with van der Waals surface area (Å²) in [5, 5.41) is 2.86. The number of hydrogen-bond donors (Lipinski definition) is 1. The topological polar surface area (TPSA) is 84.9 Å². The van der Waals surface area contributed by atoms with Crippen LogP contribution >= 0.6 is 0 Å². The number of methoxy groups -OCH3 is 1. The quantitative estimate of drug-likeness (QED) is 0.771. The highest BCUT2D eigenvalue weighted by Gasteiger charge is 2.57. The summed E-state index contributed by atoms with van der Waals surface area (Å²) in [5.41, 5.74) is -0.650. The third-order valence-electron chi connectivity index (χ3n) is 4.10. The van der Waals surface area contributed by atoms with Crippen molar-refractivity contribution in [2.24, 2.45) is 5.92 Å². The Morgan fingerprint density at radius 2 is 1.82 bits per heavy atom. The number of esters is 1. The maximum Gasteiger partial charge on any atom is 0.411 e. The molecule has 1 N–H and O–H groups in total. The fourth-order valence-corrected chi connectivity index (χ4v) is 3.46. The van der Waals surface area contributed by atoms with Crippen molar-refractivity contribution in [1.29, 1.82) is 0 Å². The minimum atomic E-state index is -0.650. The van der Waals surface area contributed by atoms with Gasteiger partial charge in [-0.2, -0.15) is 0 Å². The van der Waals surface area contributed by atoms with Crippen molar-refractivity contribution in [3.63, 3.8) is 0 Å². The Morgan fingerprint density at radius 1 is 1.18 bits per heavy atom. The van der Waals surface area contributed by atoms with Gasteiger partial charge in [0.25, 0.3) is 0 Å². The van der Waals surface area contributed by atoms with Crippen LogP contribution < -0.4 is 5.32 Å². The molecule has 4 atom stereocenters. The van der Waals surface area contributed by atoms with Crippen LogP contribution in [0.25, 0.3) is 0 Å². The molecule has 22 heavy (non-hydrogen) atoms. The number of nitrogens with zero attached hydrogens (tertiary/aromatic N) is 1. The molecule has 7 nitrogen and oxygen atoms in total. The lowest BCUT2D eigenvalue weighted by Crippen LogP contribution is -2.58. The summed E-state index contributed by atoms with van der Waals surface area (Å²) in [6.07, 6.45) is 0.804. The molecule has 1 saturated carbocycles. The van der Waals surface area contributed by atoms with Gasteiger partial charge in [-0.3, -0.25) is 9.69 Å². The second-order valence-electron chi connectivity index (χ2n) is 6.96. The fraction of sp³-hybridized carbons (Fsp3) is 0.800. The third kappa shape index (κ3) is 3.18. The molecular weight excluding hydrogens is 288 g/mol. The SMILES string of the molecule is COC(=O)[C@@H]1[C@H]2C[C@H]([C@H](NC(C)=O)C2)N1C(=O)OC(C)(C)C. The zero-order valence-corrected chi connectivity index (χ0v) is 13.7. The van der Waals surface area contributed by atoms with Crippen LogP contribution in [0.15, 0.2) is 0 Å². The van der Waals surface area contributed by atoms with Gasteiger partial charge >= 0.3 is 12.1 Å². The van der Waals surface area contributed by atoms with Gasteiger partial charge in [-0.1, -0.05) is 0 Å². The molecule has 2 rings (SSSR count). The molecule has 7 heteroatoms. The maximum absolute atomic E-state index is 12.5.